The van der Waals surface area contributed by atoms with Crippen molar-refractivity contribution in [2.75, 3.05) is 12.0 Å². The zero-order valence-electron chi connectivity index (χ0n) is 15.0. The van der Waals surface area contributed by atoms with Gasteiger partial charge in [-0.2, -0.15) is 9.97 Å². The summed E-state index contributed by atoms with van der Waals surface area (Å²) in [6.45, 7) is 9.57. The first-order valence-corrected chi connectivity index (χ1v) is 8.75. The van der Waals surface area contributed by atoms with Gasteiger partial charge in [0.2, 0.25) is 5.95 Å². The SMILES string of the molecule is CCCNNc1nc(-c2c(CC)cccc2CC)n(CC)c(=O)n1. The quantitative estimate of drug-likeness (QED) is 0.575. The second kappa shape index (κ2) is 8.59. The lowest BCUT2D eigenvalue weighted by atomic mass is 9.97. The van der Waals surface area contributed by atoms with Gasteiger partial charge in [-0.15, -0.1) is 0 Å². The van der Waals surface area contributed by atoms with Crippen LogP contribution in [0.2, 0.25) is 0 Å². The van der Waals surface area contributed by atoms with E-state index in [2.05, 4.69) is 59.8 Å². The van der Waals surface area contributed by atoms with Crippen LogP contribution in [-0.4, -0.2) is 21.1 Å². The van der Waals surface area contributed by atoms with Gasteiger partial charge in [0.1, 0.15) is 5.82 Å². The van der Waals surface area contributed by atoms with E-state index in [0.717, 1.165) is 31.4 Å². The lowest BCUT2D eigenvalue weighted by Crippen LogP contribution is -2.31. The monoisotopic (exact) mass is 329 g/mol. The maximum Gasteiger partial charge on any atom is 0.352 e. The molecule has 2 rings (SSSR count). The summed E-state index contributed by atoms with van der Waals surface area (Å²) in [6, 6.07) is 6.27. The molecule has 2 aromatic rings. The van der Waals surface area contributed by atoms with Crippen LogP contribution in [-0.2, 0) is 19.4 Å². The number of benzene rings is 1. The number of aryl methyl sites for hydroxylation is 2. The van der Waals surface area contributed by atoms with Crippen LogP contribution in [0.3, 0.4) is 0 Å². The van der Waals surface area contributed by atoms with Crippen molar-refractivity contribution in [2.45, 2.75) is 53.5 Å². The molecule has 0 amide bonds. The Hall–Kier alpha value is -2.21. The standard InChI is InChI=1S/C18H27N5O/c1-5-12-19-22-17-20-16(23(8-4)18(24)21-17)15-13(6-2)10-9-11-14(15)7-3/h9-11,19H,5-8,12H2,1-4H3,(H,21,22,24). The molecule has 0 unspecified atom stereocenters. The molecule has 0 aliphatic heterocycles. The summed E-state index contributed by atoms with van der Waals surface area (Å²) in [7, 11) is 0. The van der Waals surface area contributed by atoms with Crippen molar-refractivity contribution in [3.8, 4) is 11.4 Å². The number of anilines is 1. The molecule has 1 aromatic carbocycles. The van der Waals surface area contributed by atoms with Crippen LogP contribution in [0.15, 0.2) is 23.0 Å². The Morgan fingerprint density at radius 2 is 1.71 bits per heavy atom. The predicted molar refractivity (Wildman–Crippen MR) is 98.1 cm³/mol. The van der Waals surface area contributed by atoms with E-state index in [1.54, 1.807) is 4.57 Å². The van der Waals surface area contributed by atoms with Crippen molar-refractivity contribution in [1.29, 1.82) is 0 Å². The third kappa shape index (κ3) is 3.82. The first-order chi connectivity index (χ1) is 11.7. The Morgan fingerprint density at radius 1 is 1.04 bits per heavy atom. The number of nitrogens with one attached hydrogen (secondary N) is 2. The molecule has 0 aliphatic carbocycles. The Balaban J connectivity index is 2.62. The highest BCUT2D eigenvalue weighted by Crippen LogP contribution is 2.27. The lowest BCUT2D eigenvalue weighted by Gasteiger charge is -2.17. The highest BCUT2D eigenvalue weighted by atomic mass is 16.1. The third-order valence-corrected chi connectivity index (χ3v) is 4.01. The maximum atomic E-state index is 12.4. The van der Waals surface area contributed by atoms with Gasteiger partial charge < -0.3 is 0 Å². The van der Waals surface area contributed by atoms with Gasteiger partial charge >= 0.3 is 5.69 Å². The molecule has 6 heteroatoms. The molecule has 1 heterocycles. The molecule has 0 radical (unpaired) electrons. The van der Waals surface area contributed by atoms with Crippen molar-refractivity contribution in [2.24, 2.45) is 0 Å². The van der Waals surface area contributed by atoms with E-state index in [1.807, 2.05) is 6.92 Å². The van der Waals surface area contributed by atoms with Crippen LogP contribution in [0.1, 0.15) is 45.2 Å². The van der Waals surface area contributed by atoms with E-state index < -0.39 is 0 Å². The number of hydrazine groups is 1. The van der Waals surface area contributed by atoms with Crippen molar-refractivity contribution in [3.05, 3.63) is 39.8 Å². The minimum absolute atomic E-state index is 0.281. The highest BCUT2D eigenvalue weighted by Gasteiger charge is 2.16. The molecule has 6 nitrogen and oxygen atoms in total. The molecule has 0 saturated heterocycles. The van der Waals surface area contributed by atoms with Gasteiger partial charge in [0, 0.05) is 18.7 Å². The minimum Gasteiger partial charge on any atom is -0.289 e. The van der Waals surface area contributed by atoms with Crippen LogP contribution < -0.4 is 16.5 Å². The fourth-order valence-electron chi connectivity index (χ4n) is 2.76. The first-order valence-electron chi connectivity index (χ1n) is 8.75. The number of hydrogen-bond acceptors (Lipinski definition) is 5. The van der Waals surface area contributed by atoms with E-state index in [-0.39, 0.29) is 5.69 Å². The summed E-state index contributed by atoms with van der Waals surface area (Å²) in [5, 5.41) is 0. The smallest absolute Gasteiger partial charge is 0.289 e. The van der Waals surface area contributed by atoms with E-state index in [1.165, 1.54) is 11.1 Å². The van der Waals surface area contributed by atoms with Gasteiger partial charge in [-0.3, -0.25) is 9.99 Å². The summed E-state index contributed by atoms with van der Waals surface area (Å²) in [6.07, 6.45) is 2.76. The third-order valence-electron chi connectivity index (χ3n) is 4.01. The fraction of sp³-hybridized carbons (Fsp3) is 0.500. The van der Waals surface area contributed by atoms with Gasteiger partial charge in [-0.25, -0.2) is 10.2 Å². The number of aromatic nitrogens is 3. The second-order valence-corrected chi connectivity index (χ2v) is 5.61. The Labute approximate surface area is 143 Å². The summed E-state index contributed by atoms with van der Waals surface area (Å²) >= 11 is 0. The average Bonchev–Trinajstić information content (AvgIpc) is 2.60. The zero-order chi connectivity index (χ0) is 17.5. The fourth-order valence-corrected chi connectivity index (χ4v) is 2.76. The molecule has 24 heavy (non-hydrogen) atoms. The van der Waals surface area contributed by atoms with Gasteiger partial charge in [-0.05, 0) is 37.3 Å². The van der Waals surface area contributed by atoms with Crippen LogP contribution >= 0.6 is 0 Å². The van der Waals surface area contributed by atoms with E-state index >= 15 is 0 Å². The van der Waals surface area contributed by atoms with E-state index in [4.69, 9.17) is 0 Å². The molecule has 0 aliphatic rings. The first kappa shape index (κ1) is 18.1. The summed E-state index contributed by atoms with van der Waals surface area (Å²) in [4.78, 5) is 21.1. The summed E-state index contributed by atoms with van der Waals surface area (Å²) in [5.41, 5.74) is 9.14. The average molecular weight is 329 g/mol. The maximum absolute atomic E-state index is 12.4. The largest absolute Gasteiger partial charge is 0.352 e. The molecule has 0 atom stereocenters. The molecule has 130 valence electrons. The molecule has 1 aromatic heterocycles. The topological polar surface area (TPSA) is 71.8 Å². The second-order valence-electron chi connectivity index (χ2n) is 5.61. The lowest BCUT2D eigenvalue weighted by molar-refractivity contribution is 0.676. The van der Waals surface area contributed by atoms with Crippen LogP contribution in [0.25, 0.3) is 11.4 Å². The Kier molecular flexibility index (Phi) is 6.49. The van der Waals surface area contributed by atoms with E-state index in [9.17, 15) is 4.79 Å². The van der Waals surface area contributed by atoms with Gasteiger partial charge in [0.15, 0.2) is 0 Å². The zero-order valence-corrected chi connectivity index (χ0v) is 15.0. The van der Waals surface area contributed by atoms with Gasteiger partial charge in [-0.1, -0.05) is 39.0 Å². The highest BCUT2D eigenvalue weighted by molar-refractivity contribution is 5.66. The molecule has 0 fully saturated rings. The molecular weight excluding hydrogens is 302 g/mol. The van der Waals surface area contributed by atoms with Crippen molar-refractivity contribution >= 4 is 5.95 Å². The predicted octanol–water partition coefficient (Wildman–Crippen LogP) is 2.78. The van der Waals surface area contributed by atoms with Crippen molar-refractivity contribution in [3.63, 3.8) is 0 Å². The van der Waals surface area contributed by atoms with Gasteiger partial charge in [0.25, 0.3) is 0 Å². The Bertz CT molecular complexity index is 716. The number of nitrogens with zero attached hydrogens (tertiary/aromatic N) is 3. The molecular formula is C18H27N5O. The van der Waals surface area contributed by atoms with Crippen LogP contribution in [0, 0.1) is 0 Å². The van der Waals surface area contributed by atoms with Crippen molar-refractivity contribution in [1.82, 2.24) is 20.0 Å². The summed E-state index contributed by atoms with van der Waals surface area (Å²) in [5.74, 6) is 1.01. The molecule has 0 spiro atoms. The minimum atomic E-state index is -0.281. The normalized spacial score (nSPS) is 10.8. The molecule has 0 bridgehead atoms. The molecule has 2 N–H and O–H groups in total. The van der Waals surface area contributed by atoms with Gasteiger partial charge in [0.05, 0.1) is 0 Å². The number of hydrogen-bond donors (Lipinski definition) is 2. The van der Waals surface area contributed by atoms with E-state index in [0.29, 0.717) is 18.3 Å². The Morgan fingerprint density at radius 3 is 2.25 bits per heavy atom. The summed E-state index contributed by atoms with van der Waals surface area (Å²) < 4.78 is 1.64. The number of rotatable bonds is 8. The van der Waals surface area contributed by atoms with Crippen molar-refractivity contribution < 1.29 is 0 Å². The molecule has 0 saturated carbocycles. The van der Waals surface area contributed by atoms with Crippen LogP contribution in [0.5, 0.6) is 0 Å². The van der Waals surface area contributed by atoms with Crippen LogP contribution in [0.4, 0.5) is 5.95 Å².